The molecule has 0 atom stereocenters. The van der Waals surface area contributed by atoms with Crippen LogP contribution < -0.4 is 15.2 Å². The summed E-state index contributed by atoms with van der Waals surface area (Å²) in [5, 5.41) is 0. The molecule has 2 fully saturated rings. The van der Waals surface area contributed by atoms with E-state index in [2.05, 4.69) is 0 Å². The minimum absolute atomic E-state index is 0.716. The van der Waals surface area contributed by atoms with Crippen LogP contribution in [0.2, 0.25) is 0 Å². The third-order valence-corrected chi connectivity index (χ3v) is 4.52. The average molecular weight is 247 g/mol. The lowest BCUT2D eigenvalue weighted by Crippen LogP contribution is -2.44. The van der Waals surface area contributed by atoms with E-state index < -0.39 is 0 Å². The monoisotopic (exact) mass is 247 g/mol. The molecule has 3 heteroatoms. The molecule has 0 bridgehead atoms. The first-order chi connectivity index (χ1) is 8.71. The number of rotatable bonds is 4. The van der Waals surface area contributed by atoms with Gasteiger partial charge in [-0.3, -0.25) is 0 Å². The summed E-state index contributed by atoms with van der Waals surface area (Å²) in [7, 11) is 1.66. The molecule has 0 heterocycles. The molecule has 98 valence electrons. The van der Waals surface area contributed by atoms with Crippen molar-refractivity contribution in [3.05, 3.63) is 18.2 Å². The Morgan fingerprint density at radius 3 is 2.67 bits per heavy atom. The Balaban J connectivity index is 1.55. The van der Waals surface area contributed by atoms with E-state index in [1.54, 1.807) is 7.11 Å². The minimum Gasteiger partial charge on any atom is -0.493 e. The molecular weight excluding hydrogens is 226 g/mol. The fourth-order valence-electron chi connectivity index (χ4n) is 3.38. The lowest BCUT2D eigenvalue weighted by molar-refractivity contribution is -0.0419. The number of benzene rings is 1. The fraction of sp³-hybridized carbons (Fsp3) is 0.600. The van der Waals surface area contributed by atoms with Crippen molar-refractivity contribution in [3.63, 3.8) is 0 Å². The van der Waals surface area contributed by atoms with Gasteiger partial charge in [-0.1, -0.05) is 6.42 Å². The summed E-state index contributed by atoms with van der Waals surface area (Å²) in [6.45, 7) is 0.793. The second kappa shape index (κ2) is 4.38. The molecule has 0 aromatic heterocycles. The number of hydrogen-bond acceptors (Lipinski definition) is 3. The van der Waals surface area contributed by atoms with Crippen LogP contribution >= 0.6 is 0 Å². The first kappa shape index (κ1) is 11.7. The first-order valence-corrected chi connectivity index (χ1v) is 6.77. The van der Waals surface area contributed by atoms with Gasteiger partial charge in [-0.25, -0.2) is 0 Å². The molecule has 2 saturated carbocycles. The van der Waals surface area contributed by atoms with E-state index in [-0.39, 0.29) is 0 Å². The molecule has 0 radical (unpaired) electrons. The molecule has 2 aliphatic carbocycles. The van der Waals surface area contributed by atoms with E-state index in [0.29, 0.717) is 5.41 Å². The van der Waals surface area contributed by atoms with Crippen molar-refractivity contribution in [1.29, 1.82) is 0 Å². The van der Waals surface area contributed by atoms with Gasteiger partial charge in [0.1, 0.15) is 0 Å². The van der Waals surface area contributed by atoms with Crippen LogP contribution in [0.5, 0.6) is 11.5 Å². The zero-order valence-electron chi connectivity index (χ0n) is 10.9. The summed E-state index contributed by atoms with van der Waals surface area (Å²) in [6.07, 6.45) is 6.99. The highest BCUT2D eigenvalue weighted by Gasteiger charge is 2.48. The number of methoxy groups -OCH3 is 1. The maximum Gasteiger partial charge on any atom is 0.163 e. The van der Waals surface area contributed by atoms with Gasteiger partial charge >= 0.3 is 0 Å². The first-order valence-electron chi connectivity index (χ1n) is 6.77. The van der Waals surface area contributed by atoms with Gasteiger partial charge in [-0.2, -0.15) is 0 Å². The van der Waals surface area contributed by atoms with Gasteiger partial charge in [0.2, 0.25) is 0 Å². The summed E-state index contributed by atoms with van der Waals surface area (Å²) < 4.78 is 11.1. The zero-order chi connectivity index (χ0) is 12.6. The number of nitrogens with two attached hydrogens (primary N) is 1. The van der Waals surface area contributed by atoms with E-state index in [0.717, 1.165) is 29.7 Å². The van der Waals surface area contributed by atoms with Crippen LogP contribution in [0.1, 0.15) is 32.1 Å². The van der Waals surface area contributed by atoms with E-state index >= 15 is 0 Å². The van der Waals surface area contributed by atoms with Gasteiger partial charge in [-0.15, -0.1) is 0 Å². The average Bonchev–Trinajstić information content (AvgIpc) is 2.25. The zero-order valence-corrected chi connectivity index (χ0v) is 10.9. The van der Waals surface area contributed by atoms with Crippen molar-refractivity contribution < 1.29 is 9.47 Å². The highest BCUT2D eigenvalue weighted by Crippen LogP contribution is 2.58. The molecular formula is C15H21NO2. The highest BCUT2D eigenvalue weighted by molar-refractivity contribution is 5.51. The van der Waals surface area contributed by atoms with Crippen molar-refractivity contribution >= 4 is 5.69 Å². The highest BCUT2D eigenvalue weighted by atomic mass is 16.5. The second-order valence-electron chi connectivity index (χ2n) is 5.85. The lowest BCUT2D eigenvalue weighted by Gasteiger charge is -2.54. The van der Waals surface area contributed by atoms with Crippen molar-refractivity contribution in [1.82, 2.24) is 0 Å². The van der Waals surface area contributed by atoms with Gasteiger partial charge in [0.25, 0.3) is 0 Å². The van der Waals surface area contributed by atoms with Crippen LogP contribution in [0.25, 0.3) is 0 Å². The van der Waals surface area contributed by atoms with Gasteiger partial charge in [0.15, 0.2) is 11.5 Å². The standard InChI is InChI=1S/C15H21NO2/c1-17-13-4-3-12(16)7-14(13)18-10-11-8-15(9-11)5-2-6-15/h3-4,7,11H,2,5-6,8-10,16H2,1H3. The van der Waals surface area contributed by atoms with Crippen LogP contribution in [-0.2, 0) is 0 Å². The van der Waals surface area contributed by atoms with E-state index in [1.807, 2.05) is 18.2 Å². The maximum absolute atomic E-state index is 5.87. The largest absolute Gasteiger partial charge is 0.493 e. The van der Waals surface area contributed by atoms with Crippen LogP contribution in [0, 0.1) is 11.3 Å². The third-order valence-electron chi connectivity index (χ3n) is 4.52. The van der Waals surface area contributed by atoms with Crippen molar-refractivity contribution in [2.45, 2.75) is 32.1 Å². The Morgan fingerprint density at radius 1 is 1.28 bits per heavy atom. The second-order valence-corrected chi connectivity index (χ2v) is 5.85. The van der Waals surface area contributed by atoms with Gasteiger partial charge < -0.3 is 15.2 Å². The Labute approximate surface area is 108 Å². The smallest absolute Gasteiger partial charge is 0.163 e. The summed E-state index contributed by atoms with van der Waals surface area (Å²) in [4.78, 5) is 0. The fourth-order valence-corrected chi connectivity index (χ4v) is 3.38. The predicted octanol–water partition coefficient (Wildman–Crippen LogP) is 3.24. The van der Waals surface area contributed by atoms with Gasteiger partial charge in [-0.05, 0) is 49.1 Å². The quantitative estimate of drug-likeness (QED) is 0.831. The molecule has 0 amide bonds. The maximum atomic E-state index is 5.87. The lowest BCUT2D eigenvalue weighted by atomic mass is 9.52. The molecule has 0 aliphatic heterocycles. The Bertz CT molecular complexity index is 432. The molecule has 3 nitrogen and oxygen atoms in total. The van der Waals surface area contributed by atoms with E-state index in [4.69, 9.17) is 15.2 Å². The molecule has 0 unspecified atom stereocenters. The van der Waals surface area contributed by atoms with Crippen molar-refractivity contribution in [2.24, 2.45) is 11.3 Å². The Morgan fingerprint density at radius 2 is 2.06 bits per heavy atom. The molecule has 1 aromatic carbocycles. The molecule has 3 rings (SSSR count). The van der Waals surface area contributed by atoms with E-state index in [9.17, 15) is 0 Å². The summed E-state index contributed by atoms with van der Waals surface area (Å²) in [5.74, 6) is 2.25. The minimum atomic E-state index is 0.716. The van der Waals surface area contributed by atoms with Crippen LogP contribution in [0.3, 0.4) is 0 Å². The van der Waals surface area contributed by atoms with E-state index in [1.165, 1.54) is 32.1 Å². The predicted molar refractivity (Wildman–Crippen MR) is 71.9 cm³/mol. The Hall–Kier alpha value is -1.38. The topological polar surface area (TPSA) is 44.5 Å². The van der Waals surface area contributed by atoms with Crippen molar-refractivity contribution in [3.8, 4) is 11.5 Å². The summed E-state index contributed by atoms with van der Waals surface area (Å²) >= 11 is 0. The number of hydrogen-bond donors (Lipinski definition) is 1. The molecule has 2 N–H and O–H groups in total. The summed E-state index contributed by atoms with van der Waals surface area (Å²) in [5.41, 5.74) is 7.21. The normalized spacial score (nSPS) is 21.2. The van der Waals surface area contributed by atoms with Gasteiger partial charge in [0.05, 0.1) is 13.7 Å². The number of ether oxygens (including phenoxy) is 2. The molecule has 2 aliphatic rings. The molecule has 1 aromatic rings. The Kier molecular flexibility index (Phi) is 2.84. The van der Waals surface area contributed by atoms with Gasteiger partial charge in [0, 0.05) is 11.8 Å². The summed E-state index contributed by atoms with van der Waals surface area (Å²) in [6, 6.07) is 5.54. The SMILES string of the molecule is COc1ccc(N)cc1OCC1CC2(CCC2)C1. The molecule has 18 heavy (non-hydrogen) atoms. The molecule has 0 saturated heterocycles. The third kappa shape index (κ3) is 2.02. The number of anilines is 1. The van der Waals surface area contributed by atoms with Crippen LogP contribution in [-0.4, -0.2) is 13.7 Å². The molecule has 1 spiro atoms. The van der Waals surface area contributed by atoms with Crippen LogP contribution in [0.4, 0.5) is 5.69 Å². The van der Waals surface area contributed by atoms with Crippen LogP contribution in [0.15, 0.2) is 18.2 Å². The number of nitrogen functional groups attached to an aromatic ring is 1. The van der Waals surface area contributed by atoms with Crippen molar-refractivity contribution in [2.75, 3.05) is 19.5 Å².